The van der Waals surface area contributed by atoms with Crippen molar-refractivity contribution >= 4 is 10.0 Å². The van der Waals surface area contributed by atoms with Crippen molar-refractivity contribution in [2.45, 2.75) is 18.8 Å². The second-order valence-electron chi connectivity index (χ2n) is 4.22. The molecule has 0 amide bonds. The van der Waals surface area contributed by atoms with Crippen molar-refractivity contribution in [3.8, 4) is 0 Å². The summed E-state index contributed by atoms with van der Waals surface area (Å²) < 4.78 is 24.3. The van der Waals surface area contributed by atoms with E-state index in [1.54, 1.807) is 16.7 Å². The number of nitrogens with zero attached hydrogens (tertiary/aromatic N) is 2. The van der Waals surface area contributed by atoms with Crippen LogP contribution in [0.15, 0.2) is 24.5 Å². The van der Waals surface area contributed by atoms with Crippen molar-refractivity contribution < 1.29 is 8.42 Å². The summed E-state index contributed by atoms with van der Waals surface area (Å²) in [7, 11) is -3.01. The number of hydrogen-bond acceptors (Lipinski definition) is 3. The standard InChI is InChI=1S/C11H16N2O2S/c1-16(14,15)13-8-4-11(5-9-13)10-2-6-12-7-3-10/h2-3,6-7,11H,4-5,8-9H2,1H3. The number of pyridine rings is 1. The quantitative estimate of drug-likeness (QED) is 0.781. The van der Waals surface area contributed by atoms with Crippen LogP contribution in [0.3, 0.4) is 0 Å². The molecule has 1 aromatic rings. The largest absolute Gasteiger partial charge is 0.265 e. The first-order chi connectivity index (χ1) is 7.57. The van der Waals surface area contributed by atoms with Gasteiger partial charge in [-0.15, -0.1) is 0 Å². The molecule has 4 nitrogen and oxygen atoms in total. The lowest BCUT2D eigenvalue weighted by atomic mass is 9.91. The van der Waals surface area contributed by atoms with Gasteiger partial charge in [0.2, 0.25) is 10.0 Å². The highest BCUT2D eigenvalue weighted by Gasteiger charge is 2.25. The normalized spacial score (nSPS) is 19.8. The SMILES string of the molecule is CS(=O)(=O)N1CCC(c2ccncc2)CC1. The molecule has 0 N–H and O–H groups in total. The Morgan fingerprint density at radius 3 is 2.31 bits per heavy atom. The topological polar surface area (TPSA) is 50.3 Å². The van der Waals surface area contributed by atoms with Gasteiger partial charge in [-0.1, -0.05) is 0 Å². The minimum atomic E-state index is -3.01. The number of rotatable bonds is 2. The molecular weight excluding hydrogens is 224 g/mol. The molecule has 5 heteroatoms. The Morgan fingerprint density at radius 2 is 1.81 bits per heavy atom. The number of aromatic nitrogens is 1. The van der Waals surface area contributed by atoms with E-state index in [-0.39, 0.29) is 0 Å². The molecule has 1 fully saturated rings. The van der Waals surface area contributed by atoms with E-state index >= 15 is 0 Å². The molecule has 1 saturated heterocycles. The van der Waals surface area contributed by atoms with Crippen LogP contribution in [0, 0.1) is 0 Å². The zero-order chi connectivity index (χ0) is 11.6. The van der Waals surface area contributed by atoms with Crippen molar-refractivity contribution in [2.75, 3.05) is 19.3 Å². The summed E-state index contributed by atoms with van der Waals surface area (Å²) in [6, 6.07) is 4.03. The van der Waals surface area contributed by atoms with Gasteiger partial charge in [-0.25, -0.2) is 12.7 Å². The Morgan fingerprint density at radius 1 is 1.25 bits per heavy atom. The summed E-state index contributed by atoms with van der Waals surface area (Å²) in [6.07, 6.45) is 6.66. The Bertz CT molecular complexity index is 436. The first-order valence-corrected chi connectivity index (χ1v) is 7.27. The molecule has 2 heterocycles. The molecule has 0 unspecified atom stereocenters. The van der Waals surface area contributed by atoms with E-state index in [1.165, 1.54) is 11.8 Å². The molecule has 0 bridgehead atoms. The van der Waals surface area contributed by atoms with E-state index in [0.29, 0.717) is 19.0 Å². The van der Waals surface area contributed by atoms with Gasteiger partial charge >= 0.3 is 0 Å². The highest BCUT2D eigenvalue weighted by molar-refractivity contribution is 7.88. The zero-order valence-corrected chi connectivity index (χ0v) is 10.2. The summed E-state index contributed by atoms with van der Waals surface area (Å²) in [5.74, 6) is 0.473. The fourth-order valence-corrected chi connectivity index (χ4v) is 3.03. The van der Waals surface area contributed by atoms with Gasteiger partial charge in [0, 0.05) is 25.5 Å². The molecular formula is C11H16N2O2S. The van der Waals surface area contributed by atoms with Crippen molar-refractivity contribution in [3.05, 3.63) is 30.1 Å². The zero-order valence-electron chi connectivity index (χ0n) is 9.33. The highest BCUT2D eigenvalue weighted by Crippen LogP contribution is 2.28. The molecule has 16 heavy (non-hydrogen) atoms. The van der Waals surface area contributed by atoms with Gasteiger partial charge in [-0.05, 0) is 36.5 Å². The predicted molar refractivity (Wildman–Crippen MR) is 62.6 cm³/mol. The Labute approximate surface area is 96.4 Å². The van der Waals surface area contributed by atoms with Gasteiger partial charge in [0.15, 0.2) is 0 Å². The molecule has 0 radical (unpaired) electrons. The van der Waals surface area contributed by atoms with Crippen molar-refractivity contribution in [2.24, 2.45) is 0 Å². The van der Waals surface area contributed by atoms with Crippen LogP contribution in [0.2, 0.25) is 0 Å². The van der Waals surface area contributed by atoms with E-state index in [9.17, 15) is 8.42 Å². The smallest absolute Gasteiger partial charge is 0.211 e. The first-order valence-electron chi connectivity index (χ1n) is 5.42. The number of hydrogen-bond donors (Lipinski definition) is 0. The summed E-state index contributed by atoms with van der Waals surface area (Å²) >= 11 is 0. The van der Waals surface area contributed by atoms with Crippen LogP contribution >= 0.6 is 0 Å². The first kappa shape index (κ1) is 11.5. The highest BCUT2D eigenvalue weighted by atomic mass is 32.2. The van der Waals surface area contributed by atoms with Crippen LogP contribution < -0.4 is 0 Å². The van der Waals surface area contributed by atoms with Gasteiger partial charge in [0.05, 0.1) is 6.26 Å². The lowest BCUT2D eigenvalue weighted by Crippen LogP contribution is -2.37. The van der Waals surface area contributed by atoms with E-state index in [2.05, 4.69) is 4.98 Å². The second kappa shape index (κ2) is 4.51. The predicted octanol–water partition coefficient (Wildman–Crippen LogP) is 1.22. The van der Waals surface area contributed by atoms with Crippen LogP contribution in [-0.2, 0) is 10.0 Å². The van der Waals surface area contributed by atoms with E-state index in [4.69, 9.17) is 0 Å². The molecule has 0 aromatic carbocycles. The van der Waals surface area contributed by atoms with Crippen molar-refractivity contribution in [1.82, 2.24) is 9.29 Å². The van der Waals surface area contributed by atoms with Crippen molar-refractivity contribution in [3.63, 3.8) is 0 Å². The maximum Gasteiger partial charge on any atom is 0.211 e. The second-order valence-corrected chi connectivity index (χ2v) is 6.20. The van der Waals surface area contributed by atoms with Gasteiger partial charge in [0.1, 0.15) is 0 Å². The minimum absolute atomic E-state index is 0.473. The average molecular weight is 240 g/mol. The Hall–Kier alpha value is -0.940. The third-order valence-corrected chi connectivity index (χ3v) is 4.40. The maximum atomic E-state index is 11.3. The monoisotopic (exact) mass is 240 g/mol. The average Bonchev–Trinajstić information content (AvgIpc) is 2.29. The number of piperidine rings is 1. The fraction of sp³-hybridized carbons (Fsp3) is 0.545. The molecule has 88 valence electrons. The Kier molecular flexibility index (Phi) is 3.25. The summed E-state index contributed by atoms with van der Waals surface area (Å²) in [5.41, 5.74) is 1.27. The van der Waals surface area contributed by atoms with Crippen LogP contribution in [0.25, 0.3) is 0 Å². The lowest BCUT2D eigenvalue weighted by Gasteiger charge is -2.30. The molecule has 1 aromatic heterocycles. The molecule has 0 saturated carbocycles. The molecule has 1 aliphatic heterocycles. The molecule has 1 aliphatic rings. The third-order valence-electron chi connectivity index (χ3n) is 3.10. The fourth-order valence-electron chi connectivity index (χ4n) is 2.16. The lowest BCUT2D eigenvalue weighted by molar-refractivity contribution is 0.321. The van der Waals surface area contributed by atoms with Crippen LogP contribution in [0.4, 0.5) is 0 Å². The third kappa shape index (κ3) is 2.59. The summed E-state index contributed by atoms with van der Waals surface area (Å²) in [6.45, 7) is 1.26. The van der Waals surface area contributed by atoms with Crippen LogP contribution in [-0.4, -0.2) is 37.1 Å². The van der Waals surface area contributed by atoms with E-state index in [1.807, 2.05) is 12.1 Å². The summed E-state index contributed by atoms with van der Waals surface area (Å²) in [5, 5.41) is 0. The Balaban J connectivity index is 2.01. The van der Waals surface area contributed by atoms with E-state index in [0.717, 1.165) is 12.8 Å². The molecule has 2 rings (SSSR count). The van der Waals surface area contributed by atoms with Gasteiger partial charge in [0.25, 0.3) is 0 Å². The molecule has 0 atom stereocenters. The van der Waals surface area contributed by atoms with Crippen molar-refractivity contribution in [1.29, 1.82) is 0 Å². The van der Waals surface area contributed by atoms with Crippen LogP contribution in [0.5, 0.6) is 0 Å². The van der Waals surface area contributed by atoms with Crippen LogP contribution in [0.1, 0.15) is 24.3 Å². The van der Waals surface area contributed by atoms with E-state index < -0.39 is 10.0 Å². The van der Waals surface area contributed by atoms with Gasteiger partial charge < -0.3 is 0 Å². The van der Waals surface area contributed by atoms with Gasteiger partial charge in [-0.3, -0.25) is 4.98 Å². The maximum absolute atomic E-state index is 11.3. The summed E-state index contributed by atoms with van der Waals surface area (Å²) in [4.78, 5) is 3.99. The number of sulfonamides is 1. The molecule has 0 aliphatic carbocycles. The van der Waals surface area contributed by atoms with Gasteiger partial charge in [-0.2, -0.15) is 0 Å². The minimum Gasteiger partial charge on any atom is -0.265 e. The molecule has 0 spiro atoms.